The zero-order chi connectivity index (χ0) is 8.69. The van der Waals surface area contributed by atoms with Gasteiger partial charge >= 0.3 is 0 Å². The van der Waals surface area contributed by atoms with Crippen molar-refractivity contribution < 1.29 is 0 Å². The van der Waals surface area contributed by atoms with E-state index in [0.717, 1.165) is 26.1 Å². The van der Waals surface area contributed by atoms with Crippen LogP contribution in [0.15, 0.2) is 0 Å². The Morgan fingerprint density at radius 3 is 2.64 bits per heavy atom. The summed E-state index contributed by atoms with van der Waals surface area (Å²) in [5, 5.41) is 0. The smallest absolute Gasteiger partial charge is 0.0601 e. The first kappa shape index (κ1) is 10.5. The fraction of sp³-hybridized carbons (Fsp3) is 0.778. The first-order chi connectivity index (χ1) is 5.26. The van der Waals surface area contributed by atoms with Crippen LogP contribution in [0, 0.1) is 12.3 Å². The Hall–Kier alpha value is -0.520. The van der Waals surface area contributed by atoms with Gasteiger partial charge in [-0.2, -0.15) is 0 Å². The summed E-state index contributed by atoms with van der Waals surface area (Å²) in [4.78, 5) is 2.24. The number of terminal acetylenes is 1. The van der Waals surface area contributed by atoms with Gasteiger partial charge in [-0.3, -0.25) is 4.90 Å². The van der Waals surface area contributed by atoms with E-state index in [2.05, 4.69) is 24.7 Å². The molecule has 0 saturated heterocycles. The van der Waals surface area contributed by atoms with Crippen LogP contribution >= 0.6 is 0 Å². The third-order valence-electron chi connectivity index (χ3n) is 1.91. The minimum atomic E-state index is 0.515. The van der Waals surface area contributed by atoms with Gasteiger partial charge in [0.1, 0.15) is 0 Å². The number of nitrogens with zero attached hydrogens (tertiary/aromatic N) is 1. The highest BCUT2D eigenvalue weighted by Gasteiger charge is 2.08. The quantitative estimate of drug-likeness (QED) is 0.590. The van der Waals surface area contributed by atoms with Gasteiger partial charge in [-0.1, -0.05) is 12.8 Å². The predicted octanol–water partition coefficient (Wildman–Crippen LogP) is 0.679. The van der Waals surface area contributed by atoms with Crippen molar-refractivity contribution in [2.75, 3.05) is 19.6 Å². The van der Waals surface area contributed by atoms with Crippen molar-refractivity contribution in [3.05, 3.63) is 0 Å². The number of rotatable bonds is 5. The Balaban J connectivity index is 3.73. The lowest BCUT2D eigenvalue weighted by molar-refractivity contribution is 0.238. The van der Waals surface area contributed by atoms with Gasteiger partial charge in [-0.25, -0.2) is 0 Å². The maximum atomic E-state index is 5.44. The van der Waals surface area contributed by atoms with Gasteiger partial charge in [0.25, 0.3) is 0 Å². The van der Waals surface area contributed by atoms with E-state index in [1.807, 2.05) is 0 Å². The zero-order valence-corrected chi connectivity index (χ0v) is 7.51. The number of hydrogen-bond donors (Lipinski definition) is 1. The fourth-order valence-corrected chi connectivity index (χ4v) is 1.12. The van der Waals surface area contributed by atoms with Crippen LogP contribution in [0.5, 0.6) is 0 Å². The molecule has 0 fully saturated rings. The molecule has 0 aliphatic rings. The van der Waals surface area contributed by atoms with Crippen LogP contribution in [-0.2, 0) is 0 Å². The number of hydrogen-bond acceptors (Lipinski definition) is 2. The average Bonchev–Trinajstić information content (AvgIpc) is 2.00. The van der Waals surface area contributed by atoms with Gasteiger partial charge in [0.2, 0.25) is 0 Å². The van der Waals surface area contributed by atoms with E-state index in [0.29, 0.717) is 6.04 Å². The fourth-order valence-electron chi connectivity index (χ4n) is 1.12. The van der Waals surface area contributed by atoms with E-state index in [-0.39, 0.29) is 0 Å². The van der Waals surface area contributed by atoms with Crippen LogP contribution in [-0.4, -0.2) is 30.6 Å². The molecule has 0 radical (unpaired) electrons. The second-order valence-electron chi connectivity index (χ2n) is 2.69. The minimum absolute atomic E-state index is 0.515. The first-order valence-corrected chi connectivity index (χ1v) is 4.13. The van der Waals surface area contributed by atoms with Crippen molar-refractivity contribution in [3.63, 3.8) is 0 Å². The molecule has 2 N–H and O–H groups in total. The standard InChI is InChI=1S/C9H18N2/c1-4-8-11(5-2)9(3)6-7-10/h1,9H,5-8,10H2,2-3H3. The molecule has 0 aromatic rings. The summed E-state index contributed by atoms with van der Waals surface area (Å²) in [6.07, 6.45) is 6.24. The molecule has 0 aliphatic carbocycles. The molecule has 11 heavy (non-hydrogen) atoms. The normalized spacial score (nSPS) is 13.0. The number of nitrogens with two attached hydrogens (primary N) is 1. The third kappa shape index (κ3) is 4.02. The summed E-state index contributed by atoms with van der Waals surface area (Å²) in [6, 6.07) is 0.515. The summed E-state index contributed by atoms with van der Waals surface area (Å²) in [6.45, 7) is 6.75. The molecule has 0 spiro atoms. The van der Waals surface area contributed by atoms with E-state index in [9.17, 15) is 0 Å². The van der Waals surface area contributed by atoms with E-state index >= 15 is 0 Å². The largest absolute Gasteiger partial charge is 0.330 e. The van der Waals surface area contributed by atoms with E-state index in [4.69, 9.17) is 12.2 Å². The maximum absolute atomic E-state index is 5.44. The van der Waals surface area contributed by atoms with Crippen molar-refractivity contribution in [2.45, 2.75) is 26.3 Å². The van der Waals surface area contributed by atoms with E-state index in [1.54, 1.807) is 0 Å². The summed E-state index contributed by atoms with van der Waals surface area (Å²) in [7, 11) is 0. The Morgan fingerprint density at radius 1 is 1.64 bits per heavy atom. The van der Waals surface area contributed by atoms with Crippen LogP contribution in [0.4, 0.5) is 0 Å². The van der Waals surface area contributed by atoms with Gasteiger partial charge in [-0.05, 0) is 26.4 Å². The monoisotopic (exact) mass is 154 g/mol. The minimum Gasteiger partial charge on any atom is -0.330 e. The van der Waals surface area contributed by atoms with Gasteiger partial charge in [0.05, 0.1) is 6.54 Å². The van der Waals surface area contributed by atoms with Gasteiger partial charge in [-0.15, -0.1) is 6.42 Å². The van der Waals surface area contributed by atoms with E-state index in [1.165, 1.54) is 0 Å². The predicted molar refractivity (Wildman–Crippen MR) is 49.2 cm³/mol. The SMILES string of the molecule is C#CCN(CC)C(C)CCN. The molecule has 0 bridgehead atoms. The van der Waals surface area contributed by atoms with Crippen LogP contribution in [0.25, 0.3) is 0 Å². The molecule has 1 atom stereocenters. The second kappa shape index (κ2) is 6.21. The van der Waals surface area contributed by atoms with Crippen LogP contribution in [0.3, 0.4) is 0 Å². The average molecular weight is 154 g/mol. The zero-order valence-electron chi connectivity index (χ0n) is 7.51. The molecular weight excluding hydrogens is 136 g/mol. The van der Waals surface area contributed by atoms with Crippen molar-refractivity contribution in [3.8, 4) is 12.3 Å². The van der Waals surface area contributed by atoms with Crippen molar-refractivity contribution in [1.82, 2.24) is 4.90 Å². The Labute approximate surface area is 69.8 Å². The molecule has 2 heteroatoms. The molecule has 0 rings (SSSR count). The van der Waals surface area contributed by atoms with Crippen LogP contribution in [0.2, 0.25) is 0 Å². The molecule has 2 nitrogen and oxygen atoms in total. The molecule has 64 valence electrons. The summed E-state index contributed by atoms with van der Waals surface area (Å²) in [5.41, 5.74) is 5.44. The van der Waals surface area contributed by atoms with Gasteiger partial charge < -0.3 is 5.73 Å². The molecule has 0 saturated carbocycles. The van der Waals surface area contributed by atoms with Crippen molar-refractivity contribution in [2.24, 2.45) is 5.73 Å². The highest BCUT2D eigenvalue weighted by molar-refractivity contribution is 4.89. The molecule has 0 heterocycles. The van der Waals surface area contributed by atoms with Crippen LogP contribution < -0.4 is 5.73 Å². The molecule has 1 unspecified atom stereocenters. The molecule has 0 aromatic carbocycles. The Bertz CT molecular complexity index is 126. The first-order valence-electron chi connectivity index (χ1n) is 4.13. The summed E-state index contributed by atoms with van der Waals surface area (Å²) in [5.74, 6) is 2.64. The van der Waals surface area contributed by atoms with E-state index < -0.39 is 0 Å². The highest BCUT2D eigenvalue weighted by atomic mass is 15.1. The maximum Gasteiger partial charge on any atom is 0.0601 e. The Kier molecular flexibility index (Phi) is 5.91. The lowest BCUT2D eigenvalue weighted by Gasteiger charge is -2.24. The third-order valence-corrected chi connectivity index (χ3v) is 1.91. The lowest BCUT2D eigenvalue weighted by Crippen LogP contribution is -2.34. The summed E-state index contributed by atoms with van der Waals surface area (Å²) < 4.78 is 0. The van der Waals surface area contributed by atoms with Crippen molar-refractivity contribution in [1.29, 1.82) is 0 Å². The molecule has 0 aliphatic heterocycles. The molecule has 0 aromatic heterocycles. The van der Waals surface area contributed by atoms with Gasteiger partial charge in [0.15, 0.2) is 0 Å². The van der Waals surface area contributed by atoms with Gasteiger partial charge in [0, 0.05) is 6.04 Å². The highest BCUT2D eigenvalue weighted by Crippen LogP contribution is 2.00. The van der Waals surface area contributed by atoms with Crippen molar-refractivity contribution >= 4 is 0 Å². The molecular formula is C9H18N2. The van der Waals surface area contributed by atoms with Crippen LogP contribution in [0.1, 0.15) is 20.3 Å². The second-order valence-corrected chi connectivity index (χ2v) is 2.69. The molecule has 0 amide bonds. The topological polar surface area (TPSA) is 29.3 Å². The Morgan fingerprint density at radius 2 is 2.27 bits per heavy atom. The lowest BCUT2D eigenvalue weighted by atomic mass is 10.2. The summed E-state index contributed by atoms with van der Waals surface area (Å²) >= 11 is 0.